The molecule has 0 saturated carbocycles. The summed E-state index contributed by atoms with van der Waals surface area (Å²) in [6.07, 6.45) is 1.79. The second-order valence-electron chi connectivity index (χ2n) is 5.02. The van der Waals surface area contributed by atoms with Crippen molar-refractivity contribution in [2.24, 2.45) is 0 Å². The van der Waals surface area contributed by atoms with Gasteiger partial charge >= 0.3 is 0 Å². The number of ether oxygens (including phenoxy) is 1. The monoisotopic (exact) mass is 263 g/mol. The number of aromatic nitrogens is 1. The van der Waals surface area contributed by atoms with Gasteiger partial charge in [0, 0.05) is 5.39 Å². The first-order valence-corrected chi connectivity index (χ1v) is 6.77. The summed E-state index contributed by atoms with van der Waals surface area (Å²) in [4.78, 5) is 4.41. The zero-order valence-electron chi connectivity index (χ0n) is 11.8. The van der Waals surface area contributed by atoms with Crippen LogP contribution in [0.4, 0.5) is 0 Å². The van der Waals surface area contributed by atoms with Crippen molar-refractivity contribution in [2.45, 2.75) is 20.5 Å². The van der Waals surface area contributed by atoms with Crippen LogP contribution in [0.1, 0.15) is 16.7 Å². The number of nitrogens with zero attached hydrogens (tertiary/aromatic N) is 1. The number of hydrogen-bond acceptors (Lipinski definition) is 2. The highest BCUT2D eigenvalue weighted by molar-refractivity contribution is 5.79. The highest BCUT2D eigenvalue weighted by atomic mass is 16.5. The maximum Gasteiger partial charge on any atom is 0.138 e. The maximum atomic E-state index is 5.90. The molecule has 2 aromatic carbocycles. The fourth-order valence-corrected chi connectivity index (χ4v) is 2.36. The smallest absolute Gasteiger partial charge is 0.138 e. The van der Waals surface area contributed by atoms with Crippen molar-refractivity contribution >= 4 is 10.9 Å². The van der Waals surface area contributed by atoms with Crippen molar-refractivity contribution in [3.05, 3.63) is 71.4 Å². The third-order valence-corrected chi connectivity index (χ3v) is 3.59. The van der Waals surface area contributed by atoms with E-state index in [9.17, 15) is 0 Å². The molecule has 1 heterocycles. The van der Waals surface area contributed by atoms with Crippen molar-refractivity contribution < 1.29 is 4.74 Å². The number of hydrogen-bond donors (Lipinski definition) is 0. The van der Waals surface area contributed by atoms with E-state index in [1.807, 2.05) is 30.3 Å². The third-order valence-electron chi connectivity index (χ3n) is 3.59. The largest absolute Gasteiger partial charge is 0.487 e. The average Bonchev–Trinajstić information content (AvgIpc) is 2.46. The fraction of sp³-hybridized carbons (Fsp3) is 0.167. The molecule has 0 N–H and O–H groups in total. The molecule has 100 valence electrons. The number of pyridine rings is 1. The summed E-state index contributed by atoms with van der Waals surface area (Å²) >= 11 is 0. The molecule has 2 nitrogen and oxygen atoms in total. The molecule has 2 heteroatoms. The number of rotatable bonds is 3. The summed E-state index contributed by atoms with van der Waals surface area (Å²) < 4.78 is 5.90. The van der Waals surface area contributed by atoms with Crippen LogP contribution in [0, 0.1) is 13.8 Å². The molecule has 0 atom stereocenters. The summed E-state index contributed by atoms with van der Waals surface area (Å²) in [5, 5.41) is 1.10. The minimum Gasteiger partial charge on any atom is -0.487 e. The minimum atomic E-state index is 0.582. The molecule has 20 heavy (non-hydrogen) atoms. The third kappa shape index (κ3) is 2.50. The number of benzene rings is 2. The van der Waals surface area contributed by atoms with Gasteiger partial charge in [0.25, 0.3) is 0 Å². The van der Waals surface area contributed by atoms with E-state index in [1.165, 1.54) is 16.7 Å². The zero-order valence-corrected chi connectivity index (χ0v) is 11.8. The summed E-state index contributed by atoms with van der Waals surface area (Å²) in [7, 11) is 0. The number of para-hydroxylation sites is 1. The van der Waals surface area contributed by atoms with E-state index in [0.717, 1.165) is 16.7 Å². The fourth-order valence-electron chi connectivity index (χ4n) is 2.36. The first-order chi connectivity index (χ1) is 9.74. The molecule has 0 aliphatic heterocycles. The van der Waals surface area contributed by atoms with Gasteiger partial charge in [-0.2, -0.15) is 0 Å². The lowest BCUT2D eigenvalue weighted by Crippen LogP contribution is -2.00. The van der Waals surface area contributed by atoms with Crippen LogP contribution in [0.5, 0.6) is 5.75 Å². The highest BCUT2D eigenvalue weighted by Crippen LogP contribution is 2.20. The Balaban J connectivity index is 1.83. The molecule has 3 rings (SSSR count). The Hall–Kier alpha value is -2.35. The quantitative estimate of drug-likeness (QED) is 0.697. The number of fused-ring (bicyclic) bond motifs is 1. The first-order valence-electron chi connectivity index (χ1n) is 6.77. The maximum absolute atomic E-state index is 5.90. The average molecular weight is 263 g/mol. The second-order valence-corrected chi connectivity index (χ2v) is 5.02. The van der Waals surface area contributed by atoms with Crippen LogP contribution in [0.15, 0.2) is 54.7 Å². The van der Waals surface area contributed by atoms with E-state index in [0.29, 0.717) is 6.61 Å². The van der Waals surface area contributed by atoms with Gasteiger partial charge in [-0.3, -0.25) is 4.98 Å². The van der Waals surface area contributed by atoms with Crippen LogP contribution in [0.25, 0.3) is 10.9 Å². The van der Waals surface area contributed by atoms with Gasteiger partial charge in [-0.25, -0.2) is 0 Å². The van der Waals surface area contributed by atoms with E-state index in [2.05, 4.69) is 37.0 Å². The van der Waals surface area contributed by atoms with E-state index in [4.69, 9.17) is 4.74 Å². The molecule has 0 fully saturated rings. The molecule has 1 aromatic heterocycles. The molecule has 0 bridgehead atoms. The summed E-state index contributed by atoms with van der Waals surface area (Å²) in [6, 6.07) is 16.4. The van der Waals surface area contributed by atoms with E-state index < -0.39 is 0 Å². The van der Waals surface area contributed by atoms with Crippen LogP contribution < -0.4 is 4.74 Å². The lowest BCUT2D eigenvalue weighted by Gasteiger charge is -2.11. The zero-order chi connectivity index (χ0) is 13.9. The molecular weight excluding hydrogens is 246 g/mol. The predicted octanol–water partition coefficient (Wildman–Crippen LogP) is 4.43. The Morgan fingerprint density at radius 3 is 2.50 bits per heavy atom. The molecule has 0 aliphatic rings. The molecule has 0 amide bonds. The molecule has 0 saturated heterocycles. The molecule has 0 unspecified atom stereocenters. The summed E-state index contributed by atoms with van der Waals surface area (Å²) in [5.41, 5.74) is 4.77. The van der Waals surface area contributed by atoms with Gasteiger partial charge in [0.2, 0.25) is 0 Å². The highest BCUT2D eigenvalue weighted by Gasteiger charge is 2.04. The lowest BCUT2D eigenvalue weighted by atomic mass is 10.0. The van der Waals surface area contributed by atoms with Crippen LogP contribution in [-0.4, -0.2) is 4.98 Å². The standard InChI is InChI=1S/C18H17NO/c1-13-6-5-7-14(2)17(13)12-20-16-10-15-8-3-4-9-18(15)19-11-16/h3-11H,12H2,1-2H3. The Labute approximate surface area is 119 Å². The molecule has 0 spiro atoms. The lowest BCUT2D eigenvalue weighted by molar-refractivity contribution is 0.304. The summed E-state index contributed by atoms with van der Waals surface area (Å²) in [6.45, 7) is 4.81. The predicted molar refractivity (Wildman–Crippen MR) is 82.0 cm³/mol. The van der Waals surface area contributed by atoms with Gasteiger partial charge in [-0.05, 0) is 42.7 Å². The second kappa shape index (κ2) is 5.33. The van der Waals surface area contributed by atoms with Gasteiger partial charge < -0.3 is 4.74 Å². The van der Waals surface area contributed by atoms with E-state index in [1.54, 1.807) is 6.20 Å². The summed E-state index contributed by atoms with van der Waals surface area (Å²) in [5.74, 6) is 0.811. The molecular formula is C18H17NO. The van der Waals surface area contributed by atoms with Crippen LogP contribution in [0.2, 0.25) is 0 Å². The van der Waals surface area contributed by atoms with Crippen molar-refractivity contribution in [2.75, 3.05) is 0 Å². The van der Waals surface area contributed by atoms with Gasteiger partial charge in [0.05, 0.1) is 11.7 Å². The van der Waals surface area contributed by atoms with Gasteiger partial charge in [-0.15, -0.1) is 0 Å². The topological polar surface area (TPSA) is 22.1 Å². The van der Waals surface area contributed by atoms with Gasteiger partial charge in [-0.1, -0.05) is 36.4 Å². The Morgan fingerprint density at radius 2 is 1.70 bits per heavy atom. The Bertz CT molecular complexity index is 729. The molecule has 0 radical (unpaired) electrons. The number of aryl methyl sites for hydroxylation is 2. The van der Waals surface area contributed by atoms with Gasteiger partial charge in [0.1, 0.15) is 12.4 Å². The van der Waals surface area contributed by atoms with Gasteiger partial charge in [0.15, 0.2) is 0 Å². The Kier molecular flexibility index (Phi) is 3.38. The SMILES string of the molecule is Cc1cccc(C)c1COc1cnc2ccccc2c1. The van der Waals surface area contributed by atoms with Crippen molar-refractivity contribution in [3.63, 3.8) is 0 Å². The van der Waals surface area contributed by atoms with E-state index in [-0.39, 0.29) is 0 Å². The van der Waals surface area contributed by atoms with Crippen LogP contribution in [-0.2, 0) is 6.61 Å². The van der Waals surface area contributed by atoms with Crippen molar-refractivity contribution in [3.8, 4) is 5.75 Å². The van der Waals surface area contributed by atoms with Crippen LogP contribution in [0.3, 0.4) is 0 Å². The Morgan fingerprint density at radius 1 is 0.950 bits per heavy atom. The van der Waals surface area contributed by atoms with Crippen molar-refractivity contribution in [1.82, 2.24) is 4.98 Å². The van der Waals surface area contributed by atoms with E-state index >= 15 is 0 Å². The van der Waals surface area contributed by atoms with Crippen LogP contribution >= 0.6 is 0 Å². The minimum absolute atomic E-state index is 0.582. The normalized spacial score (nSPS) is 10.7. The molecule has 3 aromatic rings. The van der Waals surface area contributed by atoms with Crippen molar-refractivity contribution in [1.29, 1.82) is 0 Å². The molecule has 0 aliphatic carbocycles. The first kappa shape index (κ1) is 12.7.